The predicted octanol–water partition coefficient (Wildman–Crippen LogP) is 5.72. The Morgan fingerprint density at radius 1 is 1.04 bits per heavy atom. The molecule has 0 amide bonds. The molecule has 3 heteroatoms. The molecule has 0 bridgehead atoms. The van der Waals surface area contributed by atoms with Crippen LogP contribution in [0.2, 0.25) is 0 Å². The van der Waals surface area contributed by atoms with Crippen molar-refractivity contribution in [2.45, 2.75) is 94.0 Å². The Morgan fingerprint density at radius 2 is 2.00 bits per heavy atom. The van der Waals surface area contributed by atoms with Crippen LogP contribution in [0, 0.1) is 5.92 Å². The van der Waals surface area contributed by atoms with Gasteiger partial charge in [-0.2, -0.15) is 0 Å². The van der Waals surface area contributed by atoms with E-state index in [0.29, 0.717) is 24.0 Å². The highest BCUT2D eigenvalue weighted by molar-refractivity contribution is 8.00. The standard InChI is InChI=1S/C25H36N2S/c26-22-10-6-12-24-25(22)21-9-4-5-11-23(21)27(24)19-15-13-18(14-16-19)17-28-20-7-2-1-3-8-20/h2,4,7,9,13,19-20,22,24-25H,1,3,5-6,8,10-12,14-17,26H2. The van der Waals surface area contributed by atoms with Gasteiger partial charge in [0.05, 0.1) is 0 Å². The van der Waals surface area contributed by atoms with Gasteiger partial charge in [0, 0.05) is 40.7 Å². The molecule has 1 fully saturated rings. The number of thioether (sulfide) groups is 1. The second-order valence-electron chi connectivity index (χ2n) is 9.44. The second kappa shape index (κ2) is 8.44. The van der Waals surface area contributed by atoms with E-state index in [1.54, 1.807) is 16.8 Å². The van der Waals surface area contributed by atoms with Crippen LogP contribution in [0.1, 0.15) is 70.6 Å². The lowest BCUT2D eigenvalue weighted by Crippen LogP contribution is -2.49. The number of nitrogens with zero attached hydrogens (tertiary/aromatic N) is 1. The molecule has 0 radical (unpaired) electrons. The zero-order chi connectivity index (χ0) is 18.9. The molecule has 0 saturated heterocycles. The molecule has 0 spiro atoms. The van der Waals surface area contributed by atoms with Gasteiger partial charge in [-0.3, -0.25) is 0 Å². The minimum Gasteiger partial charge on any atom is -0.368 e. The van der Waals surface area contributed by atoms with Crippen molar-refractivity contribution in [1.82, 2.24) is 4.90 Å². The maximum atomic E-state index is 6.64. The SMILES string of the molecule is NC1CCCC2C1C1=C(CCC=C1)N2C1CC=C(CSC2C=CCCC2)CC1. The number of nitrogens with two attached hydrogens (primary N) is 1. The Labute approximate surface area is 175 Å². The van der Waals surface area contributed by atoms with Gasteiger partial charge in [-0.15, -0.1) is 11.8 Å². The van der Waals surface area contributed by atoms with Crippen LogP contribution in [-0.2, 0) is 0 Å². The van der Waals surface area contributed by atoms with Gasteiger partial charge in [0.2, 0.25) is 0 Å². The maximum absolute atomic E-state index is 6.64. The van der Waals surface area contributed by atoms with Gasteiger partial charge < -0.3 is 10.6 Å². The average Bonchev–Trinajstić information content (AvgIpc) is 3.09. The molecular formula is C25H36N2S. The summed E-state index contributed by atoms with van der Waals surface area (Å²) >= 11 is 2.17. The van der Waals surface area contributed by atoms with Crippen molar-refractivity contribution in [3.8, 4) is 0 Å². The molecule has 2 N–H and O–H groups in total. The molecule has 5 unspecified atom stereocenters. The Bertz CT molecular complexity index is 703. The number of fused-ring (bicyclic) bond motifs is 2. The summed E-state index contributed by atoms with van der Waals surface area (Å²) in [7, 11) is 0. The fraction of sp³-hybridized carbons (Fsp3) is 0.680. The molecule has 152 valence electrons. The van der Waals surface area contributed by atoms with Crippen LogP contribution in [0.4, 0.5) is 0 Å². The first kappa shape index (κ1) is 19.1. The van der Waals surface area contributed by atoms with Gasteiger partial charge in [0.15, 0.2) is 0 Å². The van der Waals surface area contributed by atoms with E-state index < -0.39 is 0 Å². The predicted molar refractivity (Wildman–Crippen MR) is 121 cm³/mol. The summed E-state index contributed by atoms with van der Waals surface area (Å²) in [6.07, 6.45) is 26.5. The van der Waals surface area contributed by atoms with Crippen molar-refractivity contribution in [2.75, 3.05) is 5.75 Å². The van der Waals surface area contributed by atoms with Crippen LogP contribution in [0.25, 0.3) is 0 Å². The van der Waals surface area contributed by atoms with Gasteiger partial charge in [-0.1, -0.05) is 36.0 Å². The molecule has 1 heterocycles. The largest absolute Gasteiger partial charge is 0.368 e. The molecule has 1 aliphatic heterocycles. The van der Waals surface area contributed by atoms with Gasteiger partial charge in [0.25, 0.3) is 0 Å². The highest BCUT2D eigenvalue weighted by Crippen LogP contribution is 2.48. The molecule has 5 aliphatic rings. The quantitative estimate of drug-likeness (QED) is 0.616. The average molecular weight is 397 g/mol. The first-order valence-corrected chi connectivity index (χ1v) is 12.8. The summed E-state index contributed by atoms with van der Waals surface area (Å²) in [6, 6.07) is 1.75. The summed E-state index contributed by atoms with van der Waals surface area (Å²) in [4.78, 5) is 2.88. The first-order chi connectivity index (χ1) is 13.8. The lowest BCUT2D eigenvalue weighted by Gasteiger charge is -2.43. The normalized spacial score (nSPS) is 37.7. The van der Waals surface area contributed by atoms with Crippen molar-refractivity contribution in [1.29, 1.82) is 0 Å². The first-order valence-electron chi connectivity index (χ1n) is 11.7. The van der Waals surface area contributed by atoms with E-state index >= 15 is 0 Å². The van der Waals surface area contributed by atoms with E-state index in [1.807, 2.05) is 0 Å². The minimum absolute atomic E-state index is 0.367. The van der Waals surface area contributed by atoms with Crippen molar-refractivity contribution in [2.24, 2.45) is 11.7 Å². The summed E-state index contributed by atoms with van der Waals surface area (Å²) in [6.45, 7) is 0. The third-order valence-corrected chi connectivity index (χ3v) is 9.04. The van der Waals surface area contributed by atoms with Crippen LogP contribution in [-0.4, -0.2) is 34.0 Å². The Kier molecular flexibility index (Phi) is 5.74. The van der Waals surface area contributed by atoms with E-state index in [-0.39, 0.29) is 0 Å². The zero-order valence-corrected chi connectivity index (χ0v) is 18.0. The van der Waals surface area contributed by atoms with Gasteiger partial charge in [-0.05, 0) is 76.2 Å². The lowest BCUT2D eigenvalue weighted by atomic mass is 9.77. The molecule has 1 saturated carbocycles. The summed E-state index contributed by atoms with van der Waals surface area (Å²) < 4.78 is 0. The van der Waals surface area contributed by atoms with Crippen molar-refractivity contribution in [3.63, 3.8) is 0 Å². The molecule has 4 aliphatic carbocycles. The third kappa shape index (κ3) is 3.65. The van der Waals surface area contributed by atoms with Crippen LogP contribution in [0.15, 0.2) is 47.2 Å². The highest BCUT2D eigenvalue weighted by atomic mass is 32.2. The smallest absolute Gasteiger partial charge is 0.0374 e. The van der Waals surface area contributed by atoms with Crippen LogP contribution < -0.4 is 5.73 Å². The molecule has 28 heavy (non-hydrogen) atoms. The zero-order valence-electron chi connectivity index (χ0n) is 17.2. The Hall–Kier alpha value is -0.930. The number of hydrogen-bond donors (Lipinski definition) is 1. The second-order valence-corrected chi connectivity index (χ2v) is 10.7. The van der Waals surface area contributed by atoms with E-state index in [0.717, 1.165) is 5.25 Å². The lowest BCUT2D eigenvalue weighted by molar-refractivity contribution is 0.121. The van der Waals surface area contributed by atoms with E-state index in [2.05, 4.69) is 47.0 Å². The van der Waals surface area contributed by atoms with E-state index in [9.17, 15) is 0 Å². The fourth-order valence-corrected chi connectivity index (χ4v) is 7.54. The number of rotatable bonds is 4. The van der Waals surface area contributed by atoms with E-state index in [4.69, 9.17) is 5.73 Å². The number of hydrogen-bond acceptors (Lipinski definition) is 3. The topological polar surface area (TPSA) is 29.3 Å². The molecule has 5 rings (SSSR count). The maximum Gasteiger partial charge on any atom is 0.0374 e. The van der Waals surface area contributed by atoms with Crippen LogP contribution in [0.5, 0.6) is 0 Å². The molecule has 0 aromatic rings. The number of allylic oxidation sites excluding steroid dienone is 4. The van der Waals surface area contributed by atoms with Gasteiger partial charge in [-0.25, -0.2) is 0 Å². The van der Waals surface area contributed by atoms with Gasteiger partial charge in [0.1, 0.15) is 0 Å². The molecule has 0 aromatic carbocycles. The third-order valence-electron chi connectivity index (χ3n) is 7.68. The highest BCUT2D eigenvalue weighted by Gasteiger charge is 2.46. The molecule has 0 aromatic heterocycles. The summed E-state index contributed by atoms with van der Waals surface area (Å²) in [5.74, 6) is 1.84. The van der Waals surface area contributed by atoms with Crippen molar-refractivity contribution < 1.29 is 0 Å². The van der Waals surface area contributed by atoms with Crippen LogP contribution >= 0.6 is 11.8 Å². The molecule has 5 atom stereocenters. The Morgan fingerprint density at radius 3 is 2.82 bits per heavy atom. The molecular weight excluding hydrogens is 360 g/mol. The van der Waals surface area contributed by atoms with Crippen molar-refractivity contribution in [3.05, 3.63) is 47.2 Å². The van der Waals surface area contributed by atoms with Crippen molar-refractivity contribution >= 4 is 11.8 Å². The van der Waals surface area contributed by atoms with Gasteiger partial charge >= 0.3 is 0 Å². The minimum atomic E-state index is 0.367. The fourth-order valence-electron chi connectivity index (χ4n) is 6.29. The molecule has 2 nitrogen and oxygen atoms in total. The van der Waals surface area contributed by atoms with E-state index in [1.165, 1.54) is 76.4 Å². The monoisotopic (exact) mass is 396 g/mol. The Balaban J connectivity index is 1.27. The summed E-state index contributed by atoms with van der Waals surface area (Å²) in [5, 5.41) is 0.761. The van der Waals surface area contributed by atoms with Crippen LogP contribution in [0.3, 0.4) is 0 Å². The summed E-state index contributed by atoms with van der Waals surface area (Å²) in [5.41, 5.74) is 11.6.